The van der Waals surface area contributed by atoms with E-state index in [0.29, 0.717) is 4.32 Å². The van der Waals surface area contributed by atoms with Crippen molar-refractivity contribution in [2.45, 2.75) is 0 Å². The standard InChI is InChI=1S/C21H15NS2/c23-21(24)22(19-13-5-9-15-7-1-3-11-17(15)19)20-14-6-10-16-8-2-4-12-18(16)20/h1-14H,(H,23,24). The average molecular weight is 345 g/mol. The summed E-state index contributed by atoms with van der Waals surface area (Å²) in [4.78, 5) is 2.04. The van der Waals surface area contributed by atoms with Crippen molar-refractivity contribution in [3.8, 4) is 0 Å². The summed E-state index contributed by atoms with van der Waals surface area (Å²) >= 11 is 10.0. The fourth-order valence-corrected chi connectivity index (χ4v) is 3.55. The van der Waals surface area contributed by atoms with Crippen molar-refractivity contribution in [2.24, 2.45) is 0 Å². The molecule has 4 aromatic carbocycles. The molecule has 24 heavy (non-hydrogen) atoms. The minimum Gasteiger partial charge on any atom is -0.295 e. The van der Waals surface area contributed by atoms with Crippen LogP contribution in [-0.2, 0) is 0 Å². The van der Waals surface area contributed by atoms with E-state index in [-0.39, 0.29) is 0 Å². The number of anilines is 2. The Morgan fingerprint density at radius 2 is 1.04 bits per heavy atom. The molecule has 0 aromatic heterocycles. The maximum atomic E-state index is 5.50. The lowest BCUT2D eigenvalue weighted by atomic mass is 10.1. The van der Waals surface area contributed by atoms with Crippen LogP contribution in [0.15, 0.2) is 84.9 Å². The van der Waals surface area contributed by atoms with Gasteiger partial charge >= 0.3 is 0 Å². The monoisotopic (exact) mass is 345 g/mol. The summed E-state index contributed by atoms with van der Waals surface area (Å²) in [6.45, 7) is 0. The number of thiol groups is 1. The quantitative estimate of drug-likeness (QED) is 0.333. The molecule has 4 aromatic rings. The van der Waals surface area contributed by atoms with Crippen LogP contribution >= 0.6 is 24.8 Å². The summed E-state index contributed by atoms with van der Waals surface area (Å²) in [5, 5.41) is 4.68. The average Bonchev–Trinajstić information content (AvgIpc) is 2.62. The van der Waals surface area contributed by atoms with Crippen LogP contribution in [0.1, 0.15) is 0 Å². The lowest BCUT2D eigenvalue weighted by molar-refractivity contribution is 1.43. The van der Waals surface area contributed by atoms with Gasteiger partial charge in [0, 0.05) is 10.8 Å². The molecule has 0 amide bonds. The minimum atomic E-state index is 0.530. The summed E-state index contributed by atoms with van der Waals surface area (Å²) < 4.78 is 0.530. The van der Waals surface area contributed by atoms with Crippen LogP contribution in [0.2, 0.25) is 0 Å². The highest BCUT2D eigenvalue weighted by Crippen LogP contribution is 2.37. The van der Waals surface area contributed by atoms with E-state index >= 15 is 0 Å². The van der Waals surface area contributed by atoms with Crippen LogP contribution in [0.3, 0.4) is 0 Å². The highest BCUT2D eigenvalue weighted by molar-refractivity contribution is 8.11. The molecular formula is C21H15NS2. The van der Waals surface area contributed by atoms with Gasteiger partial charge in [-0.05, 0) is 22.9 Å². The van der Waals surface area contributed by atoms with Crippen molar-refractivity contribution in [2.75, 3.05) is 4.90 Å². The second-order valence-electron chi connectivity index (χ2n) is 5.61. The van der Waals surface area contributed by atoms with Gasteiger partial charge in [0.2, 0.25) is 0 Å². The molecule has 0 atom stereocenters. The molecule has 0 saturated heterocycles. The topological polar surface area (TPSA) is 3.24 Å². The molecule has 0 saturated carbocycles. The van der Waals surface area contributed by atoms with E-state index in [9.17, 15) is 0 Å². The molecule has 0 unspecified atom stereocenters. The third-order valence-electron chi connectivity index (χ3n) is 4.21. The number of hydrogen-bond donors (Lipinski definition) is 1. The smallest absolute Gasteiger partial charge is 0.142 e. The van der Waals surface area contributed by atoms with Gasteiger partial charge in [0.15, 0.2) is 0 Å². The largest absolute Gasteiger partial charge is 0.295 e. The van der Waals surface area contributed by atoms with Crippen molar-refractivity contribution in [1.82, 2.24) is 0 Å². The van der Waals surface area contributed by atoms with Crippen molar-refractivity contribution >= 4 is 62.1 Å². The zero-order valence-electron chi connectivity index (χ0n) is 12.9. The Morgan fingerprint density at radius 3 is 1.50 bits per heavy atom. The second-order valence-corrected chi connectivity index (χ2v) is 6.73. The summed E-state index contributed by atoms with van der Waals surface area (Å²) in [5.74, 6) is 0. The second kappa shape index (κ2) is 6.27. The van der Waals surface area contributed by atoms with Crippen molar-refractivity contribution in [1.29, 1.82) is 0 Å². The minimum absolute atomic E-state index is 0.530. The molecule has 0 radical (unpaired) electrons. The Morgan fingerprint density at radius 1 is 0.625 bits per heavy atom. The Kier molecular flexibility index (Phi) is 3.97. The number of rotatable bonds is 2. The van der Waals surface area contributed by atoms with E-state index < -0.39 is 0 Å². The van der Waals surface area contributed by atoms with Crippen LogP contribution in [-0.4, -0.2) is 4.32 Å². The highest BCUT2D eigenvalue weighted by atomic mass is 32.1. The van der Waals surface area contributed by atoms with Gasteiger partial charge in [-0.1, -0.05) is 85.0 Å². The lowest BCUT2D eigenvalue weighted by Gasteiger charge is -2.26. The van der Waals surface area contributed by atoms with Crippen LogP contribution in [0.5, 0.6) is 0 Å². The van der Waals surface area contributed by atoms with Crippen molar-refractivity contribution in [3.05, 3.63) is 84.9 Å². The Hall–Kier alpha value is -2.36. The maximum absolute atomic E-state index is 5.50. The Bertz CT molecular complexity index is 966. The summed E-state index contributed by atoms with van der Waals surface area (Å²) in [7, 11) is 0. The molecule has 4 rings (SSSR count). The fraction of sp³-hybridized carbons (Fsp3) is 0. The first-order chi connectivity index (χ1) is 11.8. The van der Waals surface area contributed by atoms with E-state index in [4.69, 9.17) is 12.2 Å². The van der Waals surface area contributed by atoms with Gasteiger partial charge in [0.25, 0.3) is 0 Å². The summed E-state index contributed by atoms with van der Waals surface area (Å²) in [6.07, 6.45) is 0. The zero-order chi connectivity index (χ0) is 16.5. The van der Waals surface area contributed by atoms with Gasteiger partial charge in [0.1, 0.15) is 4.32 Å². The predicted molar refractivity (Wildman–Crippen MR) is 112 cm³/mol. The predicted octanol–water partition coefficient (Wildman–Crippen LogP) is 6.35. The number of nitrogens with zero attached hydrogens (tertiary/aromatic N) is 1. The Balaban J connectivity index is 2.02. The van der Waals surface area contributed by atoms with E-state index in [0.717, 1.165) is 22.1 Å². The van der Waals surface area contributed by atoms with Crippen LogP contribution in [0.25, 0.3) is 21.5 Å². The molecule has 0 aliphatic carbocycles. The molecule has 0 aliphatic heterocycles. The first-order valence-corrected chi connectivity index (χ1v) is 8.60. The molecule has 0 heterocycles. The van der Waals surface area contributed by atoms with Crippen LogP contribution in [0.4, 0.5) is 11.4 Å². The fourth-order valence-electron chi connectivity index (χ4n) is 3.14. The molecule has 0 N–H and O–H groups in total. The summed E-state index contributed by atoms with van der Waals surface area (Å²) in [6, 6.07) is 29.2. The molecule has 3 heteroatoms. The van der Waals surface area contributed by atoms with Gasteiger partial charge < -0.3 is 0 Å². The Labute approximate surface area is 151 Å². The van der Waals surface area contributed by atoms with Gasteiger partial charge in [-0.3, -0.25) is 4.90 Å². The summed E-state index contributed by atoms with van der Waals surface area (Å²) in [5.41, 5.74) is 2.09. The van der Waals surface area contributed by atoms with Crippen LogP contribution < -0.4 is 4.90 Å². The highest BCUT2D eigenvalue weighted by Gasteiger charge is 2.17. The van der Waals surface area contributed by atoms with Gasteiger partial charge in [-0.15, -0.1) is 12.6 Å². The molecule has 0 spiro atoms. The van der Waals surface area contributed by atoms with E-state index in [1.54, 1.807) is 0 Å². The first-order valence-electron chi connectivity index (χ1n) is 7.74. The molecule has 0 bridgehead atoms. The third-order valence-corrected chi connectivity index (χ3v) is 4.59. The normalized spacial score (nSPS) is 10.9. The molecular weight excluding hydrogens is 330 g/mol. The number of hydrogen-bond acceptors (Lipinski definition) is 1. The third kappa shape index (κ3) is 2.56. The number of thiocarbonyl (C=S) groups is 1. The number of fused-ring (bicyclic) bond motifs is 2. The maximum Gasteiger partial charge on any atom is 0.142 e. The first kappa shape index (κ1) is 15.2. The van der Waals surface area contributed by atoms with Crippen molar-refractivity contribution in [3.63, 3.8) is 0 Å². The SMILES string of the molecule is S=C(S)N(c1cccc2ccccc12)c1cccc2ccccc12. The molecule has 1 nitrogen and oxygen atoms in total. The lowest BCUT2D eigenvalue weighted by Crippen LogP contribution is -2.20. The molecule has 0 fully saturated rings. The number of benzene rings is 4. The van der Waals surface area contributed by atoms with Crippen LogP contribution in [0, 0.1) is 0 Å². The van der Waals surface area contributed by atoms with Gasteiger partial charge in [0.05, 0.1) is 11.4 Å². The molecule has 0 aliphatic rings. The van der Waals surface area contributed by atoms with Crippen molar-refractivity contribution < 1.29 is 0 Å². The molecule has 116 valence electrons. The van der Waals surface area contributed by atoms with E-state index in [1.807, 2.05) is 17.0 Å². The van der Waals surface area contributed by atoms with Gasteiger partial charge in [-0.2, -0.15) is 0 Å². The van der Waals surface area contributed by atoms with E-state index in [2.05, 4.69) is 85.4 Å². The van der Waals surface area contributed by atoms with E-state index in [1.165, 1.54) is 10.8 Å². The van der Waals surface area contributed by atoms with Gasteiger partial charge in [-0.25, -0.2) is 0 Å². The zero-order valence-corrected chi connectivity index (χ0v) is 14.6.